The Kier molecular flexibility index (Phi) is 5.58. The van der Waals surface area contributed by atoms with Gasteiger partial charge in [0.25, 0.3) is 0 Å². The van der Waals surface area contributed by atoms with Gasteiger partial charge in [-0.1, -0.05) is 18.2 Å². The molecule has 0 unspecified atom stereocenters. The monoisotopic (exact) mass is 287 g/mol. The van der Waals surface area contributed by atoms with Crippen LogP contribution in [0, 0.1) is 0 Å². The van der Waals surface area contributed by atoms with Gasteiger partial charge in [-0.3, -0.25) is 4.79 Å². The number of carbonyl (C=O) groups is 1. The van der Waals surface area contributed by atoms with Crippen molar-refractivity contribution in [2.75, 3.05) is 26.4 Å². The van der Waals surface area contributed by atoms with Crippen molar-refractivity contribution >= 4 is 12.0 Å². The first kappa shape index (κ1) is 15.3. The molecule has 21 heavy (non-hydrogen) atoms. The molecule has 1 heterocycles. The Morgan fingerprint density at radius 3 is 3.19 bits per heavy atom. The van der Waals surface area contributed by atoms with Crippen LogP contribution in [0.15, 0.2) is 36.4 Å². The van der Waals surface area contributed by atoms with Crippen molar-refractivity contribution in [2.24, 2.45) is 0 Å². The van der Waals surface area contributed by atoms with E-state index in [4.69, 9.17) is 9.47 Å². The van der Waals surface area contributed by atoms with Gasteiger partial charge in [0.15, 0.2) is 0 Å². The van der Waals surface area contributed by atoms with Crippen LogP contribution in [-0.2, 0) is 16.0 Å². The molecule has 112 valence electrons. The third-order valence-electron chi connectivity index (χ3n) is 3.03. The van der Waals surface area contributed by atoms with Crippen molar-refractivity contribution < 1.29 is 14.3 Å². The third-order valence-corrected chi connectivity index (χ3v) is 3.03. The van der Waals surface area contributed by atoms with E-state index >= 15 is 0 Å². The molecular weight excluding hydrogens is 266 g/mol. The first-order chi connectivity index (χ1) is 10.1. The summed E-state index contributed by atoms with van der Waals surface area (Å²) in [7, 11) is 0. The van der Waals surface area contributed by atoms with Crippen LogP contribution in [0.1, 0.15) is 18.1 Å². The minimum absolute atomic E-state index is 0.120. The van der Waals surface area contributed by atoms with Gasteiger partial charge in [-0.2, -0.15) is 0 Å². The fraction of sp³-hybridized carbons (Fsp3) is 0.353. The molecule has 1 N–H and O–H groups in total. The number of fused-ring (bicyclic) bond motifs is 1. The summed E-state index contributed by atoms with van der Waals surface area (Å²) in [6.07, 6.45) is 4.28. The van der Waals surface area contributed by atoms with Gasteiger partial charge in [-0.25, -0.2) is 0 Å². The highest BCUT2D eigenvalue weighted by Crippen LogP contribution is 2.26. The second-order valence-electron chi connectivity index (χ2n) is 5.10. The van der Waals surface area contributed by atoms with E-state index in [-0.39, 0.29) is 5.91 Å². The lowest BCUT2D eigenvalue weighted by Crippen LogP contribution is -2.25. The number of rotatable bonds is 7. The smallest absolute Gasteiger partial charge is 0.244 e. The molecule has 4 heteroatoms. The standard InChI is InChI=1S/C17H21NO3/c1-13(2)12-20-10-8-18-17(19)6-4-14-3-5-16-15(11-14)7-9-21-16/h3-6,11H,1,7-10,12H2,2H3,(H,18,19)/b6-4+. The molecule has 0 aliphatic carbocycles. The fourth-order valence-corrected chi connectivity index (χ4v) is 2.03. The maximum absolute atomic E-state index is 11.7. The molecule has 4 nitrogen and oxygen atoms in total. The van der Waals surface area contributed by atoms with Crippen LogP contribution >= 0.6 is 0 Å². The molecule has 0 aromatic heterocycles. The molecule has 0 fully saturated rings. The first-order valence-corrected chi connectivity index (χ1v) is 7.09. The van der Waals surface area contributed by atoms with Crippen LogP contribution in [0.3, 0.4) is 0 Å². The lowest BCUT2D eigenvalue weighted by molar-refractivity contribution is -0.116. The summed E-state index contributed by atoms with van der Waals surface area (Å²) < 4.78 is 10.8. The molecular formula is C17H21NO3. The second kappa shape index (κ2) is 7.64. The quantitative estimate of drug-likeness (QED) is 0.476. The Morgan fingerprint density at radius 2 is 2.38 bits per heavy atom. The van der Waals surface area contributed by atoms with Crippen LogP contribution in [0.5, 0.6) is 5.75 Å². The largest absolute Gasteiger partial charge is 0.493 e. The predicted octanol–water partition coefficient (Wildman–Crippen LogP) is 2.34. The van der Waals surface area contributed by atoms with E-state index in [9.17, 15) is 4.79 Å². The van der Waals surface area contributed by atoms with E-state index in [1.54, 1.807) is 0 Å². The number of amides is 1. The van der Waals surface area contributed by atoms with Crippen molar-refractivity contribution in [3.8, 4) is 5.75 Å². The van der Waals surface area contributed by atoms with Crippen molar-refractivity contribution in [2.45, 2.75) is 13.3 Å². The normalized spacial score (nSPS) is 13.0. The van der Waals surface area contributed by atoms with Crippen molar-refractivity contribution in [3.63, 3.8) is 0 Å². The highest BCUT2D eigenvalue weighted by Gasteiger charge is 2.10. The summed E-state index contributed by atoms with van der Waals surface area (Å²) in [6, 6.07) is 5.96. The molecule has 0 spiro atoms. The number of nitrogens with one attached hydrogen (secondary N) is 1. The van der Waals surface area contributed by atoms with Gasteiger partial charge < -0.3 is 14.8 Å². The summed E-state index contributed by atoms with van der Waals surface area (Å²) >= 11 is 0. The number of hydrogen-bond donors (Lipinski definition) is 1. The van der Waals surface area contributed by atoms with E-state index in [0.717, 1.165) is 29.9 Å². The summed E-state index contributed by atoms with van der Waals surface area (Å²) in [5, 5.41) is 2.77. The molecule has 1 amide bonds. The van der Waals surface area contributed by atoms with Crippen LogP contribution in [0.4, 0.5) is 0 Å². The predicted molar refractivity (Wildman–Crippen MR) is 83.3 cm³/mol. The van der Waals surface area contributed by atoms with Crippen LogP contribution < -0.4 is 10.1 Å². The summed E-state index contributed by atoms with van der Waals surface area (Å²) in [5.74, 6) is 0.830. The average Bonchev–Trinajstić information content (AvgIpc) is 2.92. The molecule has 0 bridgehead atoms. The van der Waals surface area contributed by atoms with Gasteiger partial charge in [0.1, 0.15) is 5.75 Å². The Bertz CT molecular complexity index is 549. The van der Waals surface area contributed by atoms with Gasteiger partial charge in [-0.05, 0) is 36.3 Å². The molecule has 0 saturated carbocycles. The molecule has 0 saturated heterocycles. The maximum Gasteiger partial charge on any atom is 0.244 e. The lowest BCUT2D eigenvalue weighted by atomic mass is 10.1. The Labute approximate surface area is 125 Å². The van der Waals surface area contributed by atoms with Crippen LogP contribution in [0.2, 0.25) is 0 Å². The molecule has 2 rings (SSSR count). The number of carbonyl (C=O) groups excluding carboxylic acids is 1. The second-order valence-corrected chi connectivity index (χ2v) is 5.10. The van der Waals surface area contributed by atoms with Crippen LogP contribution in [-0.4, -0.2) is 32.3 Å². The Morgan fingerprint density at radius 1 is 1.52 bits per heavy atom. The summed E-state index contributed by atoms with van der Waals surface area (Å²) in [6.45, 7) is 7.91. The fourth-order valence-electron chi connectivity index (χ4n) is 2.03. The summed E-state index contributed by atoms with van der Waals surface area (Å²) in [5.41, 5.74) is 3.18. The zero-order chi connectivity index (χ0) is 15.1. The molecule has 1 aliphatic rings. The molecule has 0 atom stereocenters. The number of hydrogen-bond acceptors (Lipinski definition) is 3. The minimum Gasteiger partial charge on any atom is -0.493 e. The molecule has 1 aromatic rings. The molecule has 0 radical (unpaired) electrons. The van der Waals surface area contributed by atoms with Gasteiger partial charge >= 0.3 is 0 Å². The highest BCUT2D eigenvalue weighted by molar-refractivity contribution is 5.91. The van der Waals surface area contributed by atoms with Gasteiger partial charge in [0, 0.05) is 19.0 Å². The van der Waals surface area contributed by atoms with Crippen molar-refractivity contribution in [1.82, 2.24) is 5.32 Å². The lowest BCUT2D eigenvalue weighted by Gasteiger charge is -2.04. The third kappa shape index (κ3) is 5.08. The van der Waals surface area contributed by atoms with Crippen LogP contribution in [0.25, 0.3) is 6.08 Å². The average molecular weight is 287 g/mol. The SMILES string of the molecule is C=C(C)COCCNC(=O)/C=C/c1ccc2c(c1)CCO2. The van der Waals surface area contributed by atoms with E-state index < -0.39 is 0 Å². The van der Waals surface area contributed by atoms with E-state index in [0.29, 0.717) is 19.8 Å². The molecule has 1 aromatic carbocycles. The zero-order valence-electron chi connectivity index (χ0n) is 12.4. The Balaban J connectivity index is 1.73. The highest BCUT2D eigenvalue weighted by atomic mass is 16.5. The number of ether oxygens (including phenoxy) is 2. The Hall–Kier alpha value is -2.07. The first-order valence-electron chi connectivity index (χ1n) is 7.09. The number of benzene rings is 1. The maximum atomic E-state index is 11.7. The van der Waals surface area contributed by atoms with Crippen molar-refractivity contribution in [1.29, 1.82) is 0 Å². The molecule has 1 aliphatic heterocycles. The van der Waals surface area contributed by atoms with Crippen molar-refractivity contribution in [3.05, 3.63) is 47.6 Å². The topological polar surface area (TPSA) is 47.6 Å². The van der Waals surface area contributed by atoms with Gasteiger partial charge in [0.05, 0.1) is 19.8 Å². The summed E-state index contributed by atoms with van der Waals surface area (Å²) in [4.78, 5) is 11.7. The zero-order valence-corrected chi connectivity index (χ0v) is 12.4. The minimum atomic E-state index is -0.120. The van der Waals surface area contributed by atoms with E-state index in [1.807, 2.05) is 25.1 Å². The van der Waals surface area contributed by atoms with E-state index in [1.165, 1.54) is 11.6 Å². The van der Waals surface area contributed by atoms with E-state index in [2.05, 4.69) is 18.0 Å². The van der Waals surface area contributed by atoms with Gasteiger partial charge in [-0.15, -0.1) is 0 Å². The van der Waals surface area contributed by atoms with Gasteiger partial charge in [0.2, 0.25) is 5.91 Å².